The van der Waals surface area contributed by atoms with Crippen LogP contribution in [0.15, 0.2) is 42.6 Å². The van der Waals surface area contributed by atoms with E-state index < -0.39 is 0 Å². The predicted octanol–water partition coefficient (Wildman–Crippen LogP) is 5.14. The molecular weight excluding hydrogens is 360 g/mol. The van der Waals surface area contributed by atoms with Crippen molar-refractivity contribution in [1.82, 2.24) is 9.47 Å². The quantitative estimate of drug-likeness (QED) is 0.470. The number of carbonyl (C=O) groups is 1. The first kappa shape index (κ1) is 21.5. The molecule has 4 nitrogen and oxygen atoms in total. The van der Waals surface area contributed by atoms with Gasteiger partial charge in [-0.2, -0.15) is 0 Å². The van der Waals surface area contributed by atoms with Crippen LogP contribution in [0.3, 0.4) is 0 Å². The first-order valence-electron chi connectivity index (χ1n) is 9.79. The number of halogens is 1. The lowest BCUT2D eigenvalue weighted by Gasteiger charge is -2.23. The van der Waals surface area contributed by atoms with E-state index in [2.05, 4.69) is 17.6 Å². The number of hydrogen-bond acceptors (Lipinski definition) is 2. The van der Waals surface area contributed by atoms with E-state index in [9.17, 15) is 4.79 Å². The number of aromatic nitrogens is 1. The molecule has 0 saturated carbocycles. The molecule has 0 aliphatic heterocycles. The number of methoxy groups -OCH3 is 1. The molecule has 0 atom stereocenters. The van der Waals surface area contributed by atoms with Gasteiger partial charge in [0, 0.05) is 43.5 Å². The van der Waals surface area contributed by atoms with Crippen LogP contribution in [-0.2, 0) is 22.6 Å². The van der Waals surface area contributed by atoms with Crippen LogP contribution >= 0.6 is 11.6 Å². The second-order valence-corrected chi connectivity index (χ2v) is 7.24. The SMILES string of the molecule is CCCCCCC(=O)N(CCOC)Cc1cccn1Cc1ccccc1Cl. The van der Waals surface area contributed by atoms with Crippen molar-refractivity contribution in [3.8, 4) is 0 Å². The lowest BCUT2D eigenvalue weighted by atomic mass is 10.1. The third kappa shape index (κ3) is 7.04. The van der Waals surface area contributed by atoms with Crippen molar-refractivity contribution in [3.63, 3.8) is 0 Å². The molecule has 0 unspecified atom stereocenters. The Kier molecular flexibility index (Phi) is 9.43. The van der Waals surface area contributed by atoms with Crippen LogP contribution in [-0.4, -0.2) is 35.6 Å². The zero-order valence-electron chi connectivity index (χ0n) is 16.5. The molecule has 0 radical (unpaired) electrons. The topological polar surface area (TPSA) is 34.5 Å². The Morgan fingerprint density at radius 1 is 1.15 bits per heavy atom. The van der Waals surface area contributed by atoms with E-state index in [1.807, 2.05) is 41.4 Å². The first-order chi connectivity index (χ1) is 13.2. The smallest absolute Gasteiger partial charge is 0.222 e. The summed E-state index contributed by atoms with van der Waals surface area (Å²) >= 11 is 6.31. The highest BCUT2D eigenvalue weighted by Gasteiger charge is 2.15. The van der Waals surface area contributed by atoms with Gasteiger partial charge < -0.3 is 14.2 Å². The Morgan fingerprint density at radius 2 is 1.96 bits per heavy atom. The number of hydrogen-bond donors (Lipinski definition) is 0. The van der Waals surface area contributed by atoms with Crippen molar-refractivity contribution in [2.45, 2.75) is 52.1 Å². The number of amides is 1. The highest BCUT2D eigenvalue weighted by atomic mass is 35.5. The molecule has 1 amide bonds. The minimum atomic E-state index is 0.202. The summed E-state index contributed by atoms with van der Waals surface area (Å²) in [4.78, 5) is 14.6. The summed E-state index contributed by atoms with van der Waals surface area (Å²) in [6, 6.07) is 12.0. The monoisotopic (exact) mass is 390 g/mol. The minimum absolute atomic E-state index is 0.202. The van der Waals surface area contributed by atoms with Crippen molar-refractivity contribution < 1.29 is 9.53 Å². The molecule has 0 aliphatic carbocycles. The molecule has 0 fully saturated rings. The van der Waals surface area contributed by atoms with E-state index in [-0.39, 0.29) is 5.91 Å². The fourth-order valence-electron chi connectivity index (χ4n) is 3.11. The summed E-state index contributed by atoms with van der Waals surface area (Å²) in [7, 11) is 1.67. The number of rotatable bonds is 12. The predicted molar refractivity (Wildman–Crippen MR) is 111 cm³/mol. The standard InChI is InChI=1S/C22H31ClN2O2/c1-3-4-5-6-13-22(26)25(15-16-27-2)18-20-11-9-14-24(20)17-19-10-7-8-12-21(19)23/h7-12,14H,3-6,13,15-18H2,1-2H3. The molecule has 0 aliphatic rings. The van der Waals surface area contributed by atoms with Crippen molar-refractivity contribution >= 4 is 17.5 Å². The van der Waals surface area contributed by atoms with Crippen molar-refractivity contribution in [3.05, 3.63) is 58.9 Å². The molecule has 0 saturated heterocycles. The molecule has 27 heavy (non-hydrogen) atoms. The highest BCUT2D eigenvalue weighted by Crippen LogP contribution is 2.18. The summed E-state index contributed by atoms with van der Waals surface area (Å²) < 4.78 is 7.37. The number of nitrogens with zero attached hydrogens (tertiary/aromatic N) is 2. The number of unbranched alkanes of at least 4 members (excludes halogenated alkanes) is 3. The maximum absolute atomic E-state index is 12.7. The minimum Gasteiger partial charge on any atom is -0.383 e. The van der Waals surface area contributed by atoms with Crippen LogP contribution in [0.5, 0.6) is 0 Å². The number of ether oxygens (including phenoxy) is 1. The molecule has 2 aromatic rings. The van der Waals surface area contributed by atoms with Gasteiger partial charge in [-0.1, -0.05) is 56.0 Å². The lowest BCUT2D eigenvalue weighted by molar-refractivity contribution is -0.132. The van der Waals surface area contributed by atoms with Gasteiger partial charge in [0.25, 0.3) is 0 Å². The zero-order valence-corrected chi connectivity index (χ0v) is 17.3. The van der Waals surface area contributed by atoms with Crippen LogP contribution in [0.4, 0.5) is 0 Å². The average molecular weight is 391 g/mol. The normalized spacial score (nSPS) is 10.9. The Labute approximate surface area is 168 Å². The summed E-state index contributed by atoms with van der Waals surface area (Å²) in [6.45, 7) is 4.63. The molecule has 1 aromatic heterocycles. The lowest BCUT2D eigenvalue weighted by Crippen LogP contribution is -2.34. The fraction of sp³-hybridized carbons (Fsp3) is 0.500. The van der Waals surface area contributed by atoms with Gasteiger partial charge in [0.05, 0.1) is 13.2 Å². The van der Waals surface area contributed by atoms with Crippen LogP contribution < -0.4 is 0 Å². The van der Waals surface area contributed by atoms with Gasteiger partial charge in [-0.15, -0.1) is 0 Å². The maximum Gasteiger partial charge on any atom is 0.222 e. The molecule has 5 heteroatoms. The van der Waals surface area contributed by atoms with Gasteiger partial charge in [0.15, 0.2) is 0 Å². The number of carbonyl (C=O) groups excluding carboxylic acids is 1. The van der Waals surface area contributed by atoms with Crippen molar-refractivity contribution in [1.29, 1.82) is 0 Å². The molecule has 2 rings (SSSR count). The van der Waals surface area contributed by atoms with E-state index >= 15 is 0 Å². The molecule has 148 valence electrons. The van der Waals surface area contributed by atoms with Gasteiger partial charge in [-0.3, -0.25) is 4.79 Å². The van der Waals surface area contributed by atoms with Gasteiger partial charge in [-0.05, 0) is 30.2 Å². The molecular formula is C22H31ClN2O2. The number of benzene rings is 1. The van der Waals surface area contributed by atoms with E-state index in [0.717, 1.165) is 29.1 Å². The third-order valence-corrected chi connectivity index (χ3v) is 5.11. The third-order valence-electron chi connectivity index (χ3n) is 4.74. The summed E-state index contributed by atoms with van der Waals surface area (Å²) in [6.07, 6.45) is 7.08. The van der Waals surface area contributed by atoms with Crippen LogP contribution in [0.1, 0.15) is 50.3 Å². The fourth-order valence-corrected chi connectivity index (χ4v) is 3.30. The molecule has 1 heterocycles. The molecule has 0 bridgehead atoms. The van der Waals surface area contributed by atoms with E-state index in [1.165, 1.54) is 12.8 Å². The Bertz CT molecular complexity index is 699. The Hall–Kier alpha value is -1.78. The second kappa shape index (κ2) is 11.8. The van der Waals surface area contributed by atoms with E-state index in [0.29, 0.717) is 32.7 Å². The Balaban J connectivity index is 2.03. The highest BCUT2D eigenvalue weighted by molar-refractivity contribution is 6.31. The average Bonchev–Trinajstić information content (AvgIpc) is 3.10. The van der Waals surface area contributed by atoms with Crippen LogP contribution in [0, 0.1) is 0 Å². The van der Waals surface area contributed by atoms with Crippen molar-refractivity contribution in [2.75, 3.05) is 20.3 Å². The van der Waals surface area contributed by atoms with Gasteiger partial charge in [0.1, 0.15) is 0 Å². The summed E-state index contributed by atoms with van der Waals surface area (Å²) in [5, 5.41) is 0.764. The first-order valence-corrected chi connectivity index (χ1v) is 10.2. The van der Waals surface area contributed by atoms with Crippen LogP contribution in [0.2, 0.25) is 5.02 Å². The van der Waals surface area contributed by atoms with E-state index in [1.54, 1.807) is 7.11 Å². The summed E-state index contributed by atoms with van der Waals surface area (Å²) in [5.74, 6) is 0.202. The van der Waals surface area contributed by atoms with Crippen molar-refractivity contribution in [2.24, 2.45) is 0 Å². The van der Waals surface area contributed by atoms with Gasteiger partial charge in [-0.25, -0.2) is 0 Å². The van der Waals surface area contributed by atoms with E-state index in [4.69, 9.17) is 16.3 Å². The Morgan fingerprint density at radius 3 is 2.70 bits per heavy atom. The largest absolute Gasteiger partial charge is 0.383 e. The van der Waals surface area contributed by atoms with Gasteiger partial charge >= 0.3 is 0 Å². The molecule has 1 aromatic carbocycles. The molecule has 0 spiro atoms. The van der Waals surface area contributed by atoms with Gasteiger partial charge in [0.2, 0.25) is 5.91 Å². The van der Waals surface area contributed by atoms with Crippen LogP contribution in [0.25, 0.3) is 0 Å². The molecule has 0 N–H and O–H groups in total. The zero-order chi connectivity index (χ0) is 19.5. The second-order valence-electron chi connectivity index (χ2n) is 6.84. The summed E-state index contributed by atoms with van der Waals surface area (Å²) in [5.41, 5.74) is 2.18. The maximum atomic E-state index is 12.7.